The molecule has 1 aromatic rings. The maximum absolute atomic E-state index is 8.93. The highest BCUT2D eigenvalue weighted by atomic mass is 16.3. The quantitative estimate of drug-likeness (QED) is 0.523. The molecule has 1 heterocycles. The fourth-order valence-corrected chi connectivity index (χ4v) is 2.05. The lowest BCUT2D eigenvalue weighted by Gasteiger charge is -2.25. The first kappa shape index (κ1) is 14.4. The van der Waals surface area contributed by atoms with Gasteiger partial charge in [0, 0.05) is 25.4 Å². The number of aryl methyl sites for hydroxylation is 2. The number of aliphatic hydroxyl groups excluding tert-OH is 1. The molecule has 1 aromatic heterocycles. The van der Waals surface area contributed by atoms with E-state index in [1.54, 1.807) is 0 Å². The fraction of sp³-hybridized carbons (Fsp3) is 0.538. The van der Waals surface area contributed by atoms with E-state index < -0.39 is 0 Å². The van der Waals surface area contributed by atoms with Crippen molar-refractivity contribution in [1.29, 1.82) is 5.41 Å². The third-order valence-electron chi connectivity index (χ3n) is 2.86. The van der Waals surface area contributed by atoms with Gasteiger partial charge in [-0.05, 0) is 38.8 Å². The Morgan fingerprint density at radius 3 is 2.67 bits per heavy atom. The summed E-state index contributed by atoms with van der Waals surface area (Å²) in [6.45, 7) is 7.53. The second kappa shape index (κ2) is 6.35. The molecular formula is C13H22N4O. The predicted molar refractivity (Wildman–Crippen MR) is 74.3 cm³/mol. The van der Waals surface area contributed by atoms with E-state index in [2.05, 4.69) is 4.98 Å². The third-order valence-corrected chi connectivity index (χ3v) is 2.86. The number of amidine groups is 1. The Balaban J connectivity index is 3.22. The van der Waals surface area contributed by atoms with Gasteiger partial charge in [0.2, 0.25) is 0 Å². The molecule has 0 aliphatic rings. The van der Waals surface area contributed by atoms with Crippen LogP contribution in [-0.2, 0) is 0 Å². The average molecular weight is 250 g/mol. The molecule has 0 spiro atoms. The van der Waals surface area contributed by atoms with Crippen LogP contribution in [0.1, 0.15) is 30.2 Å². The molecule has 0 saturated carbocycles. The highest BCUT2D eigenvalue weighted by Gasteiger charge is 2.16. The van der Waals surface area contributed by atoms with E-state index in [4.69, 9.17) is 16.2 Å². The minimum absolute atomic E-state index is 0.0393. The number of anilines is 1. The molecule has 0 radical (unpaired) electrons. The van der Waals surface area contributed by atoms with Crippen molar-refractivity contribution < 1.29 is 5.11 Å². The summed E-state index contributed by atoms with van der Waals surface area (Å²) >= 11 is 0. The van der Waals surface area contributed by atoms with E-state index in [-0.39, 0.29) is 12.4 Å². The topological polar surface area (TPSA) is 86.2 Å². The predicted octanol–water partition coefficient (Wildman–Crippen LogP) is 1.19. The Bertz CT molecular complexity index is 431. The number of pyridine rings is 1. The maximum Gasteiger partial charge on any atom is 0.140 e. The first-order chi connectivity index (χ1) is 8.51. The van der Waals surface area contributed by atoms with Gasteiger partial charge >= 0.3 is 0 Å². The lowest BCUT2D eigenvalue weighted by Crippen LogP contribution is -2.29. The second-order valence-corrected chi connectivity index (χ2v) is 4.35. The summed E-state index contributed by atoms with van der Waals surface area (Å²) in [5, 5.41) is 16.6. The SMILES string of the molecule is CCN(CCCO)c1nc(C)cc(C)c1C(=N)N. The minimum atomic E-state index is 0.0393. The molecular weight excluding hydrogens is 228 g/mol. The van der Waals surface area contributed by atoms with E-state index in [9.17, 15) is 0 Å². The second-order valence-electron chi connectivity index (χ2n) is 4.35. The molecule has 0 fully saturated rings. The molecule has 4 N–H and O–H groups in total. The molecule has 5 nitrogen and oxygen atoms in total. The van der Waals surface area contributed by atoms with Gasteiger partial charge in [0.05, 0.1) is 5.56 Å². The van der Waals surface area contributed by atoms with Gasteiger partial charge in [-0.2, -0.15) is 0 Å². The maximum atomic E-state index is 8.93. The van der Waals surface area contributed by atoms with Gasteiger partial charge in [-0.15, -0.1) is 0 Å². The number of hydrogen-bond donors (Lipinski definition) is 3. The lowest BCUT2D eigenvalue weighted by atomic mass is 10.1. The molecule has 0 bridgehead atoms. The van der Waals surface area contributed by atoms with Crippen molar-refractivity contribution in [2.24, 2.45) is 5.73 Å². The number of aromatic nitrogens is 1. The van der Waals surface area contributed by atoms with Crippen LogP contribution < -0.4 is 10.6 Å². The number of hydrogen-bond acceptors (Lipinski definition) is 4. The molecule has 100 valence electrons. The lowest BCUT2D eigenvalue weighted by molar-refractivity contribution is 0.289. The molecule has 18 heavy (non-hydrogen) atoms. The molecule has 0 aliphatic heterocycles. The summed E-state index contributed by atoms with van der Waals surface area (Å²) in [6, 6.07) is 1.93. The Morgan fingerprint density at radius 2 is 2.17 bits per heavy atom. The normalized spacial score (nSPS) is 10.4. The van der Waals surface area contributed by atoms with Crippen molar-refractivity contribution in [2.75, 3.05) is 24.6 Å². The number of nitrogen functional groups attached to an aromatic ring is 1. The first-order valence-corrected chi connectivity index (χ1v) is 6.19. The van der Waals surface area contributed by atoms with Gasteiger partial charge in [0.25, 0.3) is 0 Å². The van der Waals surface area contributed by atoms with Gasteiger partial charge < -0.3 is 15.7 Å². The molecule has 0 aliphatic carbocycles. The van der Waals surface area contributed by atoms with Gasteiger partial charge in [0.15, 0.2) is 0 Å². The monoisotopic (exact) mass is 250 g/mol. The van der Waals surface area contributed by atoms with Gasteiger partial charge in [0.1, 0.15) is 11.7 Å². The van der Waals surface area contributed by atoms with Crippen LogP contribution in [0.15, 0.2) is 6.07 Å². The van der Waals surface area contributed by atoms with Gasteiger partial charge in [-0.1, -0.05) is 0 Å². The zero-order chi connectivity index (χ0) is 13.7. The number of nitrogens with two attached hydrogens (primary N) is 1. The Labute approximate surface area is 108 Å². The fourth-order valence-electron chi connectivity index (χ4n) is 2.05. The zero-order valence-electron chi connectivity index (χ0n) is 11.3. The highest BCUT2D eigenvalue weighted by Crippen LogP contribution is 2.22. The Kier molecular flexibility index (Phi) is 5.09. The summed E-state index contributed by atoms with van der Waals surface area (Å²) in [6.07, 6.45) is 0.680. The zero-order valence-corrected chi connectivity index (χ0v) is 11.3. The number of nitrogens with one attached hydrogen (secondary N) is 1. The highest BCUT2D eigenvalue weighted by molar-refractivity contribution is 6.01. The Hall–Kier alpha value is -1.62. The van der Waals surface area contributed by atoms with E-state index in [0.29, 0.717) is 18.5 Å². The molecule has 0 amide bonds. The summed E-state index contributed by atoms with van der Waals surface area (Å²) < 4.78 is 0. The van der Waals surface area contributed by atoms with E-state index >= 15 is 0 Å². The van der Waals surface area contributed by atoms with Crippen LogP contribution in [0.4, 0.5) is 5.82 Å². The van der Waals surface area contributed by atoms with Crippen LogP contribution in [0.5, 0.6) is 0 Å². The van der Waals surface area contributed by atoms with E-state index in [1.807, 2.05) is 31.7 Å². The van der Waals surface area contributed by atoms with Crippen LogP contribution in [0, 0.1) is 19.3 Å². The van der Waals surface area contributed by atoms with E-state index in [1.165, 1.54) is 0 Å². The van der Waals surface area contributed by atoms with Crippen molar-refractivity contribution in [2.45, 2.75) is 27.2 Å². The van der Waals surface area contributed by atoms with Gasteiger partial charge in [-0.25, -0.2) is 4.98 Å². The number of aliphatic hydroxyl groups is 1. The summed E-state index contributed by atoms with van der Waals surface area (Å²) in [7, 11) is 0. The van der Waals surface area contributed by atoms with E-state index in [0.717, 1.165) is 23.6 Å². The molecule has 0 saturated heterocycles. The standard InChI is InChI=1S/C13H22N4O/c1-4-17(6-5-7-18)13-11(12(14)15)9(2)8-10(3)16-13/h8,18H,4-7H2,1-3H3,(H3,14,15). The van der Waals surface area contributed by atoms with Crippen molar-refractivity contribution in [3.05, 3.63) is 22.9 Å². The number of rotatable bonds is 6. The molecule has 0 aromatic carbocycles. The van der Waals surface area contributed by atoms with Crippen molar-refractivity contribution in [3.63, 3.8) is 0 Å². The largest absolute Gasteiger partial charge is 0.396 e. The van der Waals surface area contributed by atoms with Crippen LogP contribution in [0.25, 0.3) is 0 Å². The van der Waals surface area contributed by atoms with Crippen LogP contribution in [-0.4, -0.2) is 35.6 Å². The molecule has 5 heteroatoms. The van der Waals surface area contributed by atoms with Crippen molar-refractivity contribution in [1.82, 2.24) is 4.98 Å². The summed E-state index contributed by atoms with van der Waals surface area (Å²) in [5.74, 6) is 0.786. The van der Waals surface area contributed by atoms with Crippen LogP contribution in [0.3, 0.4) is 0 Å². The van der Waals surface area contributed by atoms with Crippen molar-refractivity contribution in [3.8, 4) is 0 Å². The number of nitrogens with zero attached hydrogens (tertiary/aromatic N) is 2. The smallest absolute Gasteiger partial charge is 0.140 e. The van der Waals surface area contributed by atoms with Crippen molar-refractivity contribution >= 4 is 11.7 Å². The first-order valence-electron chi connectivity index (χ1n) is 6.19. The third kappa shape index (κ3) is 3.20. The van der Waals surface area contributed by atoms with Crippen LogP contribution >= 0.6 is 0 Å². The molecule has 0 unspecified atom stereocenters. The summed E-state index contributed by atoms with van der Waals surface area (Å²) in [4.78, 5) is 6.55. The minimum Gasteiger partial charge on any atom is -0.396 e. The Morgan fingerprint density at radius 1 is 1.50 bits per heavy atom. The molecule has 1 rings (SSSR count). The summed E-state index contributed by atoms with van der Waals surface area (Å²) in [5.41, 5.74) is 8.23. The van der Waals surface area contributed by atoms with Gasteiger partial charge in [-0.3, -0.25) is 5.41 Å². The average Bonchev–Trinajstić information content (AvgIpc) is 2.28. The van der Waals surface area contributed by atoms with Crippen LogP contribution in [0.2, 0.25) is 0 Å². The molecule has 0 atom stereocenters.